The average Bonchev–Trinajstić information content (AvgIpc) is 3.32. The van der Waals surface area contributed by atoms with Gasteiger partial charge in [0.1, 0.15) is 5.52 Å². The van der Waals surface area contributed by atoms with Crippen molar-refractivity contribution in [3.63, 3.8) is 0 Å². The number of rotatable bonds is 5. The highest BCUT2D eigenvalue weighted by Gasteiger charge is 2.26. The third-order valence-corrected chi connectivity index (χ3v) is 5.14. The number of nitrogens with zero attached hydrogens (tertiary/aromatic N) is 7. The molecule has 4 rings (SSSR count). The first-order chi connectivity index (χ1) is 12.6. The second-order valence-electron chi connectivity index (χ2n) is 6.99. The Morgan fingerprint density at radius 3 is 2.74 bits per heavy atom. The number of halogens is 1. The van der Waals surface area contributed by atoms with Gasteiger partial charge in [0.15, 0.2) is 17.3 Å². The molecule has 0 bridgehead atoms. The van der Waals surface area contributed by atoms with Crippen LogP contribution in [0.3, 0.4) is 0 Å². The van der Waals surface area contributed by atoms with E-state index in [1.165, 1.54) is 6.42 Å². The third-order valence-electron chi connectivity index (χ3n) is 5.14. The fourth-order valence-corrected chi connectivity index (χ4v) is 3.73. The zero-order chi connectivity index (χ0) is 18.3. The highest BCUT2D eigenvalue weighted by Crippen LogP contribution is 2.29. The number of hydrogen-bond donors (Lipinski definition) is 1. The van der Waals surface area contributed by atoms with Crippen LogP contribution in [0.2, 0.25) is 0 Å². The van der Waals surface area contributed by atoms with Gasteiger partial charge in [-0.3, -0.25) is 9.88 Å². The number of imidazole rings is 1. The highest BCUT2D eigenvalue weighted by molar-refractivity contribution is 5.85. The van der Waals surface area contributed by atoms with Crippen molar-refractivity contribution in [2.24, 2.45) is 0 Å². The monoisotopic (exact) mass is 392 g/mol. The Labute approximate surface area is 163 Å². The van der Waals surface area contributed by atoms with Crippen molar-refractivity contribution >= 4 is 29.3 Å². The number of likely N-dealkylation sites (tertiary alicyclic amines) is 1. The van der Waals surface area contributed by atoms with Gasteiger partial charge in [-0.25, -0.2) is 9.61 Å². The highest BCUT2D eigenvalue weighted by atomic mass is 35.5. The second kappa shape index (κ2) is 7.79. The zero-order valence-electron chi connectivity index (χ0n) is 15.8. The summed E-state index contributed by atoms with van der Waals surface area (Å²) in [7, 11) is 4.29. The Morgan fingerprint density at radius 1 is 1.30 bits per heavy atom. The Bertz CT molecular complexity index is 921. The summed E-state index contributed by atoms with van der Waals surface area (Å²) in [6.45, 7) is 5.83. The number of nitrogen functional groups attached to an aromatic ring is 1. The molecule has 0 aliphatic carbocycles. The molecule has 146 valence electrons. The number of fused-ring (bicyclic) bond motifs is 1. The average molecular weight is 393 g/mol. The minimum atomic E-state index is 0. The van der Waals surface area contributed by atoms with Gasteiger partial charge in [-0.05, 0) is 37.8 Å². The topological polar surface area (TPSA) is 102 Å². The smallest absolute Gasteiger partial charge is 0.199 e. The van der Waals surface area contributed by atoms with E-state index in [1.54, 1.807) is 6.20 Å². The summed E-state index contributed by atoms with van der Waals surface area (Å²) < 4.78 is 6.87. The van der Waals surface area contributed by atoms with Crippen LogP contribution in [0.4, 0.5) is 5.82 Å². The normalized spacial score (nSPS) is 17.7. The molecule has 0 amide bonds. The minimum Gasteiger partial charge on any atom is -0.379 e. The van der Waals surface area contributed by atoms with E-state index in [0.29, 0.717) is 17.6 Å². The number of hydrogen-bond acceptors (Lipinski definition) is 8. The second-order valence-corrected chi connectivity index (χ2v) is 6.99. The first kappa shape index (κ1) is 19.5. The van der Waals surface area contributed by atoms with Gasteiger partial charge in [0.05, 0.1) is 11.7 Å². The molecule has 10 heteroatoms. The molecule has 0 spiro atoms. The van der Waals surface area contributed by atoms with E-state index >= 15 is 0 Å². The van der Waals surface area contributed by atoms with E-state index in [4.69, 9.17) is 15.3 Å². The maximum Gasteiger partial charge on any atom is 0.199 e. The Morgan fingerprint density at radius 2 is 2.11 bits per heavy atom. The molecule has 0 saturated carbocycles. The van der Waals surface area contributed by atoms with Crippen LogP contribution in [-0.2, 0) is 13.1 Å². The SMILES string of the molecule is CCn1c(-c2nonc2N)nc2cncc(CN3CC[C@H](N(C)C)C3)c21.Cl. The van der Waals surface area contributed by atoms with Crippen LogP contribution in [0.5, 0.6) is 0 Å². The first-order valence-corrected chi connectivity index (χ1v) is 8.88. The number of anilines is 1. The molecule has 0 aromatic carbocycles. The van der Waals surface area contributed by atoms with Gasteiger partial charge in [0, 0.05) is 44.0 Å². The standard InChI is InChI=1S/C17H24N8O.ClH/c1-4-25-15-11(9-24-6-5-12(10-24)23(2)3)7-19-8-13(15)20-17(25)14-16(18)22-26-21-14;/h7-8,12H,4-6,9-10H2,1-3H3,(H2,18,22);1H/t12-;/m0./s1. The predicted octanol–water partition coefficient (Wildman–Crippen LogP) is 1.64. The molecule has 1 aliphatic heterocycles. The Kier molecular flexibility index (Phi) is 5.64. The molecular weight excluding hydrogens is 368 g/mol. The van der Waals surface area contributed by atoms with E-state index in [0.717, 1.165) is 42.8 Å². The van der Waals surface area contributed by atoms with E-state index in [2.05, 4.69) is 50.7 Å². The number of aromatic nitrogens is 5. The van der Waals surface area contributed by atoms with Gasteiger partial charge in [0.25, 0.3) is 0 Å². The maximum atomic E-state index is 5.88. The fraction of sp³-hybridized carbons (Fsp3) is 0.529. The summed E-state index contributed by atoms with van der Waals surface area (Å²) in [5.41, 5.74) is 9.44. The summed E-state index contributed by atoms with van der Waals surface area (Å²) in [6, 6.07) is 0.606. The zero-order valence-corrected chi connectivity index (χ0v) is 16.6. The molecule has 1 fully saturated rings. The number of pyridine rings is 1. The quantitative estimate of drug-likeness (QED) is 0.699. The van der Waals surface area contributed by atoms with Gasteiger partial charge in [-0.1, -0.05) is 0 Å². The predicted molar refractivity (Wildman–Crippen MR) is 106 cm³/mol. The van der Waals surface area contributed by atoms with Crippen LogP contribution >= 0.6 is 12.4 Å². The van der Waals surface area contributed by atoms with Crippen LogP contribution in [-0.4, -0.2) is 67.9 Å². The van der Waals surface area contributed by atoms with Crippen molar-refractivity contribution in [2.45, 2.75) is 32.5 Å². The summed E-state index contributed by atoms with van der Waals surface area (Å²) in [4.78, 5) is 13.9. The molecular formula is C17H25ClN8O. The largest absolute Gasteiger partial charge is 0.379 e. The number of likely N-dealkylation sites (N-methyl/N-ethyl adjacent to an activating group) is 1. The van der Waals surface area contributed by atoms with Crippen LogP contribution in [0, 0.1) is 0 Å². The Hall–Kier alpha value is -2.23. The van der Waals surface area contributed by atoms with Crippen LogP contribution < -0.4 is 5.73 Å². The number of nitrogens with two attached hydrogens (primary N) is 1. The van der Waals surface area contributed by atoms with Gasteiger partial charge in [0.2, 0.25) is 0 Å². The lowest BCUT2D eigenvalue weighted by molar-refractivity contribution is 0.265. The summed E-state index contributed by atoms with van der Waals surface area (Å²) in [5, 5.41) is 7.60. The molecule has 9 nitrogen and oxygen atoms in total. The van der Waals surface area contributed by atoms with Crippen molar-refractivity contribution in [1.29, 1.82) is 0 Å². The molecule has 0 radical (unpaired) electrons. The van der Waals surface area contributed by atoms with Crippen molar-refractivity contribution in [3.05, 3.63) is 18.0 Å². The van der Waals surface area contributed by atoms with E-state index < -0.39 is 0 Å². The minimum absolute atomic E-state index is 0. The molecule has 2 N–H and O–H groups in total. The van der Waals surface area contributed by atoms with E-state index in [9.17, 15) is 0 Å². The van der Waals surface area contributed by atoms with Crippen molar-refractivity contribution < 1.29 is 4.63 Å². The Balaban J connectivity index is 0.00000210. The third kappa shape index (κ3) is 3.50. The molecule has 1 saturated heterocycles. The maximum absolute atomic E-state index is 5.88. The van der Waals surface area contributed by atoms with Gasteiger partial charge >= 0.3 is 0 Å². The van der Waals surface area contributed by atoms with Crippen LogP contribution in [0.25, 0.3) is 22.6 Å². The van der Waals surface area contributed by atoms with Gasteiger partial charge in [-0.2, -0.15) is 0 Å². The van der Waals surface area contributed by atoms with Crippen molar-refractivity contribution in [3.8, 4) is 11.5 Å². The fourth-order valence-electron chi connectivity index (χ4n) is 3.73. The van der Waals surface area contributed by atoms with Crippen LogP contribution in [0.1, 0.15) is 18.9 Å². The van der Waals surface area contributed by atoms with E-state index in [-0.39, 0.29) is 18.2 Å². The molecule has 0 unspecified atom stereocenters. The van der Waals surface area contributed by atoms with Gasteiger partial charge in [-0.15, -0.1) is 12.4 Å². The molecule has 4 heterocycles. The van der Waals surface area contributed by atoms with Crippen molar-refractivity contribution in [2.75, 3.05) is 32.9 Å². The number of aryl methyl sites for hydroxylation is 1. The van der Waals surface area contributed by atoms with E-state index in [1.807, 2.05) is 6.20 Å². The molecule has 1 atom stereocenters. The first-order valence-electron chi connectivity index (χ1n) is 8.88. The molecule has 1 aliphatic rings. The summed E-state index contributed by atoms with van der Waals surface area (Å²) in [6.07, 6.45) is 4.91. The summed E-state index contributed by atoms with van der Waals surface area (Å²) >= 11 is 0. The lowest BCUT2D eigenvalue weighted by atomic mass is 10.2. The lowest BCUT2D eigenvalue weighted by Gasteiger charge is -2.20. The summed E-state index contributed by atoms with van der Waals surface area (Å²) in [5.74, 6) is 0.918. The molecule has 3 aromatic rings. The van der Waals surface area contributed by atoms with Crippen LogP contribution in [0.15, 0.2) is 17.0 Å². The van der Waals surface area contributed by atoms with Crippen molar-refractivity contribution in [1.82, 2.24) is 34.6 Å². The molecule has 27 heavy (non-hydrogen) atoms. The van der Waals surface area contributed by atoms with Gasteiger partial charge < -0.3 is 15.2 Å². The lowest BCUT2D eigenvalue weighted by Crippen LogP contribution is -2.31. The molecule has 3 aromatic heterocycles.